The molecular weight excluding hydrogens is 252 g/mol. The van der Waals surface area contributed by atoms with Crippen LogP contribution in [-0.2, 0) is 10.0 Å². The molecule has 0 spiro atoms. The lowest BCUT2D eigenvalue weighted by Crippen LogP contribution is -2.42. The number of nitrogens with zero attached hydrogens (tertiary/aromatic N) is 2. The predicted molar refractivity (Wildman–Crippen MR) is 61.8 cm³/mol. The molecule has 3 N–H and O–H groups in total. The number of aromatic amines is 1. The highest BCUT2D eigenvalue weighted by atomic mass is 35.5. The molecule has 0 amide bonds. The average molecular weight is 267 g/mol. The van der Waals surface area contributed by atoms with Crippen molar-refractivity contribution in [2.45, 2.75) is 23.9 Å². The van der Waals surface area contributed by atoms with Gasteiger partial charge in [-0.15, -0.1) is 12.4 Å². The highest BCUT2D eigenvalue weighted by Crippen LogP contribution is 2.17. The molecule has 0 unspecified atom stereocenters. The fourth-order valence-corrected chi connectivity index (χ4v) is 3.00. The Bertz CT molecular complexity index is 411. The summed E-state index contributed by atoms with van der Waals surface area (Å²) in [5.74, 6) is 0. The molecule has 0 bridgehead atoms. The predicted octanol–water partition coefficient (Wildman–Crippen LogP) is -0.0567. The van der Waals surface area contributed by atoms with E-state index >= 15 is 0 Å². The lowest BCUT2D eigenvalue weighted by atomic mass is 10.1. The van der Waals surface area contributed by atoms with E-state index in [-0.39, 0.29) is 23.5 Å². The zero-order chi connectivity index (χ0) is 10.9. The van der Waals surface area contributed by atoms with Gasteiger partial charge in [0.1, 0.15) is 0 Å². The molecule has 1 aliphatic rings. The highest BCUT2D eigenvalue weighted by Gasteiger charge is 2.28. The Labute approximate surface area is 101 Å². The SMILES string of the molecule is Cl.NC1CCN(S(=O)(=O)c2cnc[nH]2)CC1. The molecule has 1 fully saturated rings. The molecule has 1 aromatic heterocycles. The topological polar surface area (TPSA) is 92.1 Å². The van der Waals surface area contributed by atoms with E-state index in [1.54, 1.807) is 0 Å². The first-order valence-electron chi connectivity index (χ1n) is 4.85. The molecule has 0 atom stereocenters. The van der Waals surface area contributed by atoms with Crippen molar-refractivity contribution in [3.8, 4) is 0 Å². The number of piperidine rings is 1. The van der Waals surface area contributed by atoms with Crippen molar-refractivity contribution in [2.75, 3.05) is 13.1 Å². The number of aromatic nitrogens is 2. The molecule has 0 radical (unpaired) electrons. The van der Waals surface area contributed by atoms with Crippen molar-refractivity contribution >= 4 is 22.4 Å². The minimum absolute atomic E-state index is 0. The normalized spacial score (nSPS) is 19.3. The summed E-state index contributed by atoms with van der Waals surface area (Å²) in [4.78, 5) is 6.33. The summed E-state index contributed by atoms with van der Waals surface area (Å²) in [5.41, 5.74) is 5.72. The fourth-order valence-electron chi connectivity index (χ4n) is 1.64. The van der Waals surface area contributed by atoms with Crippen LogP contribution in [-0.4, -0.2) is 41.8 Å². The smallest absolute Gasteiger partial charge is 0.260 e. The second-order valence-electron chi connectivity index (χ2n) is 3.66. The van der Waals surface area contributed by atoms with Gasteiger partial charge in [-0.3, -0.25) is 0 Å². The van der Waals surface area contributed by atoms with Crippen LogP contribution in [0.3, 0.4) is 0 Å². The van der Waals surface area contributed by atoms with E-state index in [0.717, 1.165) is 0 Å². The number of nitrogens with two attached hydrogens (primary N) is 1. The van der Waals surface area contributed by atoms with Crippen molar-refractivity contribution in [1.82, 2.24) is 14.3 Å². The number of hydrogen-bond acceptors (Lipinski definition) is 4. The molecular formula is C8H15ClN4O2S. The standard InChI is InChI=1S/C8H14N4O2S.ClH/c9-7-1-3-12(4-2-7)15(13,14)8-5-10-6-11-8;/h5-7H,1-4,9H2,(H,10,11);1H. The summed E-state index contributed by atoms with van der Waals surface area (Å²) in [5, 5.41) is 0.151. The monoisotopic (exact) mass is 266 g/mol. The zero-order valence-electron chi connectivity index (χ0n) is 8.67. The minimum atomic E-state index is -3.38. The second-order valence-corrected chi connectivity index (χ2v) is 5.56. The molecule has 0 saturated carbocycles. The van der Waals surface area contributed by atoms with Crippen LogP contribution in [0.5, 0.6) is 0 Å². The Kier molecular flexibility index (Phi) is 4.31. The van der Waals surface area contributed by atoms with Crippen LogP contribution in [0.4, 0.5) is 0 Å². The second kappa shape index (κ2) is 5.13. The summed E-state index contributed by atoms with van der Waals surface area (Å²) < 4.78 is 25.4. The molecule has 2 heterocycles. The van der Waals surface area contributed by atoms with Crippen LogP contribution in [0.15, 0.2) is 17.6 Å². The summed E-state index contributed by atoms with van der Waals surface area (Å²) in [6.45, 7) is 0.977. The van der Waals surface area contributed by atoms with Crippen LogP contribution < -0.4 is 5.73 Å². The van der Waals surface area contributed by atoms with Crippen LogP contribution in [0.1, 0.15) is 12.8 Å². The quantitative estimate of drug-likeness (QED) is 0.785. The van der Waals surface area contributed by atoms with Gasteiger partial charge in [0, 0.05) is 19.1 Å². The van der Waals surface area contributed by atoms with E-state index in [0.29, 0.717) is 25.9 Å². The Morgan fingerprint density at radius 3 is 2.56 bits per heavy atom. The molecule has 0 aliphatic carbocycles. The average Bonchev–Trinajstić information content (AvgIpc) is 2.71. The lowest BCUT2D eigenvalue weighted by molar-refractivity contribution is 0.319. The maximum Gasteiger partial charge on any atom is 0.260 e. The number of imidazole rings is 1. The zero-order valence-corrected chi connectivity index (χ0v) is 10.3. The highest BCUT2D eigenvalue weighted by molar-refractivity contribution is 7.89. The third-order valence-electron chi connectivity index (χ3n) is 2.59. The summed E-state index contributed by atoms with van der Waals surface area (Å²) in [6, 6.07) is 0.123. The van der Waals surface area contributed by atoms with Gasteiger partial charge < -0.3 is 10.7 Å². The van der Waals surface area contributed by atoms with Crippen LogP contribution >= 0.6 is 12.4 Å². The molecule has 1 aliphatic heterocycles. The van der Waals surface area contributed by atoms with Gasteiger partial charge in [-0.25, -0.2) is 13.4 Å². The van der Waals surface area contributed by atoms with Gasteiger partial charge in [0.2, 0.25) is 0 Å². The maximum absolute atomic E-state index is 12.0. The van der Waals surface area contributed by atoms with Gasteiger partial charge in [-0.05, 0) is 12.8 Å². The van der Waals surface area contributed by atoms with Crippen LogP contribution in [0.2, 0.25) is 0 Å². The van der Waals surface area contributed by atoms with Gasteiger partial charge in [-0.1, -0.05) is 0 Å². The molecule has 0 aromatic carbocycles. The molecule has 1 saturated heterocycles. The number of halogens is 1. The Morgan fingerprint density at radius 2 is 2.06 bits per heavy atom. The van der Waals surface area contributed by atoms with Crippen molar-refractivity contribution in [3.05, 3.63) is 12.5 Å². The van der Waals surface area contributed by atoms with Crippen LogP contribution in [0, 0.1) is 0 Å². The van der Waals surface area contributed by atoms with E-state index < -0.39 is 10.0 Å². The molecule has 16 heavy (non-hydrogen) atoms. The van der Waals surface area contributed by atoms with E-state index in [9.17, 15) is 8.42 Å². The summed E-state index contributed by atoms with van der Waals surface area (Å²) >= 11 is 0. The van der Waals surface area contributed by atoms with E-state index in [1.807, 2.05) is 0 Å². The van der Waals surface area contributed by atoms with Gasteiger partial charge in [0.15, 0.2) is 5.03 Å². The molecule has 1 aromatic rings. The van der Waals surface area contributed by atoms with Gasteiger partial charge in [-0.2, -0.15) is 4.31 Å². The molecule has 8 heteroatoms. The largest absolute Gasteiger partial charge is 0.335 e. The molecule has 92 valence electrons. The minimum Gasteiger partial charge on any atom is -0.335 e. The first-order valence-corrected chi connectivity index (χ1v) is 6.29. The number of nitrogens with one attached hydrogen (secondary N) is 1. The maximum atomic E-state index is 12.0. The van der Waals surface area contributed by atoms with Gasteiger partial charge >= 0.3 is 0 Å². The Hall–Kier alpha value is -0.630. The van der Waals surface area contributed by atoms with Crippen molar-refractivity contribution in [2.24, 2.45) is 5.73 Å². The van der Waals surface area contributed by atoms with Gasteiger partial charge in [0.05, 0.1) is 12.5 Å². The van der Waals surface area contributed by atoms with E-state index in [4.69, 9.17) is 5.73 Å². The van der Waals surface area contributed by atoms with E-state index in [2.05, 4.69) is 9.97 Å². The third kappa shape index (κ3) is 2.54. The summed E-state index contributed by atoms with van der Waals surface area (Å²) in [6.07, 6.45) is 4.12. The Balaban J connectivity index is 0.00000128. The first-order chi connectivity index (χ1) is 7.10. The first kappa shape index (κ1) is 13.4. The molecule has 2 rings (SSSR count). The van der Waals surface area contributed by atoms with Crippen LogP contribution in [0.25, 0.3) is 0 Å². The lowest BCUT2D eigenvalue weighted by Gasteiger charge is -2.28. The van der Waals surface area contributed by atoms with Crippen molar-refractivity contribution in [3.63, 3.8) is 0 Å². The van der Waals surface area contributed by atoms with Gasteiger partial charge in [0.25, 0.3) is 10.0 Å². The molecule has 6 nitrogen and oxygen atoms in total. The fraction of sp³-hybridized carbons (Fsp3) is 0.625. The Morgan fingerprint density at radius 1 is 1.44 bits per heavy atom. The summed E-state index contributed by atoms with van der Waals surface area (Å²) in [7, 11) is -3.38. The number of sulfonamides is 1. The van der Waals surface area contributed by atoms with E-state index in [1.165, 1.54) is 16.8 Å². The van der Waals surface area contributed by atoms with Crippen molar-refractivity contribution in [1.29, 1.82) is 0 Å². The number of H-pyrrole nitrogens is 1. The van der Waals surface area contributed by atoms with Crippen molar-refractivity contribution < 1.29 is 8.42 Å². The third-order valence-corrected chi connectivity index (χ3v) is 4.41. The number of rotatable bonds is 2. The number of hydrogen-bond donors (Lipinski definition) is 2.